The zero-order valence-electron chi connectivity index (χ0n) is 9.13. The van der Waals surface area contributed by atoms with Crippen LogP contribution >= 0.6 is 11.8 Å². The summed E-state index contributed by atoms with van der Waals surface area (Å²) in [5.41, 5.74) is 1.01. The molecule has 0 unspecified atom stereocenters. The van der Waals surface area contributed by atoms with Gasteiger partial charge in [-0.25, -0.2) is 4.39 Å². The SMILES string of the molecule is CCSCCCNCc1cccc(F)c1. The van der Waals surface area contributed by atoms with Crippen LogP contribution < -0.4 is 5.32 Å². The van der Waals surface area contributed by atoms with Crippen molar-refractivity contribution in [3.63, 3.8) is 0 Å². The number of nitrogens with one attached hydrogen (secondary N) is 1. The highest BCUT2D eigenvalue weighted by Crippen LogP contribution is 2.03. The Hall–Kier alpha value is -0.540. The van der Waals surface area contributed by atoms with Crippen molar-refractivity contribution < 1.29 is 4.39 Å². The lowest BCUT2D eigenvalue weighted by atomic mass is 10.2. The van der Waals surface area contributed by atoms with Gasteiger partial charge in [-0.05, 0) is 42.2 Å². The van der Waals surface area contributed by atoms with Crippen molar-refractivity contribution in [1.29, 1.82) is 0 Å². The maximum atomic E-state index is 12.8. The van der Waals surface area contributed by atoms with Crippen molar-refractivity contribution in [2.45, 2.75) is 19.9 Å². The smallest absolute Gasteiger partial charge is 0.123 e. The van der Waals surface area contributed by atoms with Crippen molar-refractivity contribution in [2.24, 2.45) is 0 Å². The van der Waals surface area contributed by atoms with Gasteiger partial charge in [0.25, 0.3) is 0 Å². The van der Waals surface area contributed by atoms with Gasteiger partial charge in [-0.2, -0.15) is 11.8 Å². The van der Waals surface area contributed by atoms with Crippen molar-refractivity contribution in [2.75, 3.05) is 18.1 Å². The van der Waals surface area contributed by atoms with Crippen LogP contribution in [0.1, 0.15) is 18.9 Å². The Labute approximate surface area is 95.5 Å². The first-order valence-corrected chi connectivity index (χ1v) is 6.51. The molecule has 84 valence electrons. The minimum absolute atomic E-state index is 0.157. The molecule has 0 heterocycles. The fourth-order valence-corrected chi connectivity index (χ4v) is 1.96. The van der Waals surface area contributed by atoms with Crippen LogP contribution in [0.3, 0.4) is 0 Å². The molecular formula is C12H18FNS. The van der Waals surface area contributed by atoms with Gasteiger partial charge in [0.05, 0.1) is 0 Å². The monoisotopic (exact) mass is 227 g/mol. The van der Waals surface area contributed by atoms with Crippen LogP contribution in [0, 0.1) is 5.82 Å². The largest absolute Gasteiger partial charge is 0.313 e. The van der Waals surface area contributed by atoms with Gasteiger partial charge in [-0.3, -0.25) is 0 Å². The molecule has 0 bridgehead atoms. The number of rotatable bonds is 7. The predicted octanol–water partition coefficient (Wildman–Crippen LogP) is 3.06. The molecule has 3 heteroatoms. The number of halogens is 1. The van der Waals surface area contributed by atoms with Gasteiger partial charge < -0.3 is 5.32 Å². The maximum absolute atomic E-state index is 12.8. The van der Waals surface area contributed by atoms with Crippen LogP contribution in [0.2, 0.25) is 0 Å². The van der Waals surface area contributed by atoms with Crippen LogP contribution in [0.15, 0.2) is 24.3 Å². The van der Waals surface area contributed by atoms with E-state index in [0.29, 0.717) is 0 Å². The average molecular weight is 227 g/mol. The topological polar surface area (TPSA) is 12.0 Å². The third-order valence-electron chi connectivity index (χ3n) is 2.06. The Balaban J connectivity index is 2.10. The summed E-state index contributed by atoms with van der Waals surface area (Å²) < 4.78 is 12.8. The van der Waals surface area contributed by atoms with Gasteiger partial charge >= 0.3 is 0 Å². The minimum Gasteiger partial charge on any atom is -0.313 e. The third kappa shape index (κ3) is 5.80. The Morgan fingerprint density at radius 1 is 1.40 bits per heavy atom. The molecule has 1 rings (SSSR count). The lowest BCUT2D eigenvalue weighted by Crippen LogP contribution is -2.15. The van der Waals surface area contributed by atoms with Gasteiger partial charge in [0.15, 0.2) is 0 Å². The van der Waals surface area contributed by atoms with Crippen LogP contribution in [-0.4, -0.2) is 18.1 Å². The summed E-state index contributed by atoms with van der Waals surface area (Å²) in [5, 5.41) is 3.31. The average Bonchev–Trinajstić information content (AvgIpc) is 2.23. The number of thioether (sulfide) groups is 1. The molecule has 0 fully saturated rings. The molecule has 0 aliphatic heterocycles. The van der Waals surface area contributed by atoms with Crippen LogP contribution in [0.4, 0.5) is 4.39 Å². The second-order valence-electron chi connectivity index (χ2n) is 3.36. The van der Waals surface area contributed by atoms with Crippen LogP contribution in [-0.2, 0) is 6.54 Å². The fourth-order valence-electron chi connectivity index (χ4n) is 1.32. The summed E-state index contributed by atoms with van der Waals surface area (Å²) in [4.78, 5) is 0. The highest BCUT2D eigenvalue weighted by atomic mass is 32.2. The molecule has 1 N–H and O–H groups in total. The van der Waals surface area contributed by atoms with Crippen molar-refractivity contribution in [3.8, 4) is 0 Å². The highest BCUT2D eigenvalue weighted by molar-refractivity contribution is 7.99. The van der Waals surface area contributed by atoms with Crippen LogP contribution in [0.25, 0.3) is 0 Å². The van der Waals surface area contributed by atoms with E-state index in [1.165, 1.54) is 24.0 Å². The number of hydrogen-bond donors (Lipinski definition) is 1. The molecule has 1 aromatic rings. The normalized spacial score (nSPS) is 10.5. The molecule has 1 aromatic carbocycles. The summed E-state index contributed by atoms with van der Waals surface area (Å²) in [6.07, 6.45) is 1.17. The van der Waals surface area contributed by atoms with E-state index in [1.54, 1.807) is 12.1 Å². The molecule has 0 saturated heterocycles. The Morgan fingerprint density at radius 3 is 3.00 bits per heavy atom. The Kier molecular flexibility index (Phi) is 6.44. The first-order chi connectivity index (χ1) is 7.33. The standard InChI is InChI=1S/C12H18FNS/c1-2-15-8-4-7-14-10-11-5-3-6-12(13)9-11/h3,5-6,9,14H,2,4,7-8,10H2,1H3. The first-order valence-electron chi connectivity index (χ1n) is 5.36. The molecular weight excluding hydrogens is 209 g/mol. The Morgan fingerprint density at radius 2 is 2.27 bits per heavy atom. The summed E-state index contributed by atoms with van der Waals surface area (Å²) >= 11 is 1.96. The van der Waals surface area contributed by atoms with Gasteiger partial charge in [-0.15, -0.1) is 0 Å². The molecule has 0 aromatic heterocycles. The van der Waals surface area contributed by atoms with Gasteiger partial charge in [-0.1, -0.05) is 19.1 Å². The van der Waals surface area contributed by atoms with E-state index >= 15 is 0 Å². The molecule has 0 aliphatic carbocycles. The van der Waals surface area contributed by atoms with Crippen molar-refractivity contribution in [3.05, 3.63) is 35.6 Å². The second kappa shape index (κ2) is 7.71. The van der Waals surface area contributed by atoms with E-state index in [4.69, 9.17) is 0 Å². The van der Waals surface area contributed by atoms with E-state index in [1.807, 2.05) is 17.8 Å². The molecule has 0 amide bonds. The zero-order valence-corrected chi connectivity index (χ0v) is 9.95. The summed E-state index contributed by atoms with van der Waals surface area (Å²) in [7, 11) is 0. The summed E-state index contributed by atoms with van der Waals surface area (Å²) in [5.74, 6) is 2.23. The fraction of sp³-hybridized carbons (Fsp3) is 0.500. The van der Waals surface area contributed by atoms with Crippen molar-refractivity contribution in [1.82, 2.24) is 5.32 Å². The lowest BCUT2D eigenvalue weighted by molar-refractivity contribution is 0.619. The van der Waals surface area contributed by atoms with Crippen molar-refractivity contribution >= 4 is 11.8 Å². The quantitative estimate of drug-likeness (QED) is 0.718. The molecule has 0 saturated carbocycles. The van der Waals surface area contributed by atoms with E-state index in [9.17, 15) is 4.39 Å². The Bertz CT molecular complexity index is 278. The van der Waals surface area contributed by atoms with E-state index in [0.717, 1.165) is 18.7 Å². The van der Waals surface area contributed by atoms with E-state index in [-0.39, 0.29) is 5.82 Å². The third-order valence-corrected chi connectivity index (χ3v) is 3.05. The molecule has 0 aliphatic rings. The number of hydrogen-bond acceptors (Lipinski definition) is 2. The summed E-state index contributed by atoms with van der Waals surface area (Å²) in [6.45, 7) is 3.93. The maximum Gasteiger partial charge on any atom is 0.123 e. The molecule has 0 radical (unpaired) electrons. The van der Waals surface area contributed by atoms with E-state index < -0.39 is 0 Å². The molecule has 1 nitrogen and oxygen atoms in total. The molecule has 15 heavy (non-hydrogen) atoms. The predicted molar refractivity (Wildman–Crippen MR) is 65.7 cm³/mol. The second-order valence-corrected chi connectivity index (χ2v) is 4.75. The van der Waals surface area contributed by atoms with E-state index in [2.05, 4.69) is 12.2 Å². The van der Waals surface area contributed by atoms with Gasteiger partial charge in [0.1, 0.15) is 5.82 Å². The summed E-state index contributed by atoms with van der Waals surface area (Å²) in [6, 6.07) is 6.74. The zero-order chi connectivity index (χ0) is 10.9. The highest BCUT2D eigenvalue weighted by Gasteiger charge is 1.94. The molecule has 0 spiro atoms. The van der Waals surface area contributed by atoms with Gasteiger partial charge in [0, 0.05) is 6.54 Å². The van der Waals surface area contributed by atoms with Gasteiger partial charge in [0.2, 0.25) is 0 Å². The van der Waals surface area contributed by atoms with Crippen LogP contribution in [0.5, 0.6) is 0 Å². The minimum atomic E-state index is -0.157. The number of benzene rings is 1. The first kappa shape index (κ1) is 12.5. The molecule has 0 atom stereocenters. The lowest BCUT2D eigenvalue weighted by Gasteiger charge is -2.04.